The minimum absolute atomic E-state index is 0.325. The number of carbonyl (C=O) groups excluding carboxylic acids is 1. The van der Waals surface area contributed by atoms with E-state index in [0.717, 1.165) is 35.6 Å². The van der Waals surface area contributed by atoms with E-state index in [1.165, 1.54) is 6.33 Å². The number of rotatable bonds is 4. The van der Waals surface area contributed by atoms with Crippen molar-refractivity contribution < 1.29 is 9.53 Å². The Balaban J connectivity index is 1.49. The van der Waals surface area contributed by atoms with Gasteiger partial charge in [0.25, 0.3) is 0 Å². The van der Waals surface area contributed by atoms with Crippen molar-refractivity contribution in [3.8, 4) is 5.82 Å². The molecule has 3 aromatic rings. The zero-order valence-electron chi connectivity index (χ0n) is 16.4. The van der Waals surface area contributed by atoms with Gasteiger partial charge < -0.3 is 20.3 Å². The lowest BCUT2D eigenvalue weighted by atomic mass is 10.1. The van der Waals surface area contributed by atoms with Gasteiger partial charge in [-0.15, -0.1) is 0 Å². The van der Waals surface area contributed by atoms with Crippen molar-refractivity contribution >= 4 is 23.1 Å². The fraction of sp³-hybridized carbons (Fsp3) is 0.300. The first kappa shape index (κ1) is 18.9. The highest BCUT2D eigenvalue weighted by molar-refractivity contribution is 6.00. The lowest BCUT2D eigenvalue weighted by molar-refractivity contribution is 0.122. The van der Waals surface area contributed by atoms with Crippen LogP contribution in [0.4, 0.5) is 21.9 Å². The van der Waals surface area contributed by atoms with Gasteiger partial charge in [-0.3, -0.25) is 0 Å². The van der Waals surface area contributed by atoms with Gasteiger partial charge >= 0.3 is 6.03 Å². The lowest BCUT2D eigenvalue weighted by Gasteiger charge is -2.29. The van der Waals surface area contributed by atoms with E-state index in [-0.39, 0.29) is 6.03 Å². The molecule has 3 heterocycles. The van der Waals surface area contributed by atoms with E-state index >= 15 is 0 Å². The SMILES string of the molecule is Cc1ccc(C)c(NC(=O)Nc2cnn(-c3ncncc3N3CCOCC3)c2)c1. The first-order chi connectivity index (χ1) is 14.1. The molecule has 0 aliphatic carbocycles. The number of benzene rings is 1. The Morgan fingerprint density at radius 1 is 1.14 bits per heavy atom. The van der Waals surface area contributed by atoms with Crippen LogP contribution in [0.3, 0.4) is 0 Å². The Hall–Kier alpha value is -3.46. The van der Waals surface area contributed by atoms with Crippen molar-refractivity contribution in [1.29, 1.82) is 0 Å². The standard InChI is InChI=1S/C20H23N7O2/c1-14-3-4-15(2)17(9-14)25-20(28)24-16-10-23-27(12-16)19-18(11-21-13-22-19)26-5-7-29-8-6-26/h3-4,9-13H,5-8H2,1-2H3,(H2,24,25,28). The molecule has 0 saturated carbocycles. The third kappa shape index (κ3) is 4.35. The Kier molecular flexibility index (Phi) is 5.39. The van der Waals surface area contributed by atoms with E-state index < -0.39 is 0 Å². The molecule has 29 heavy (non-hydrogen) atoms. The molecule has 2 amide bonds. The summed E-state index contributed by atoms with van der Waals surface area (Å²) in [6, 6.07) is 5.60. The topological polar surface area (TPSA) is 97.2 Å². The molecule has 2 N–H and O–H groups in total. The molecule has 1 saturated heterocycles. The zero-order chi connectivity index (χ0) is 20.2. The molecular formula is C20H23N7O2. The summed E-state index contributed by atoms with van der Waals surface area (Å²) >= 11 is 0. The number of nitrogens with one attached hydrogen (secondary N) is 2. The summed E-state index contributed by atoms with van der Waals surface area (Å²) in [6.45, 7) is 6.81. The molecule has 1 aliphatic heterocycles. The number of nitrogens with zero attached hydrogens (tertiary/aromatic N) is 5. The van der Waals surface area contributed by atoms with Crippen LogP contribution in [0.25, 0.3) is 5.82 Å². The van der Waals surface area contributed by atoms with Gasteiger partial charge in [0.1, 0.15) is 12.0 Å². The highest BCUT2D eigenvalue weighted by atomic mass is 16.5. The van der Waals surface area contributed by atoms with Crippen LogP contribution in [0.15, 0.2) is 43.1 Å². The van der Waals surface area contributed by atoms with Gasteiger partial charge in [0.15, 0.2) is 5.82 Å². The van der Waals surface area contributed by atoms with E-state index in [4.69, 9.17) is 4.74 Å². The molecule has 1 fully saturated rings. The summed E-state index contributed by atoms with van der Waals surface area (Å²) in [7, 11) is 0. The number of anilines is 3. The number of amides is 2. The Bertz CT molecular complexity index is 1010. The van der Waals surface area contributed by atoms with E-state index in [2.05, 4.69) is 30.6 Å². The van der Waals surface area contributed by atoms with Crippen LogP contribution in [-0.2, 0) is 4.74 Å². The van der Waals surface area contributed by atoms with Gasteiger partial charge in [0.05, 0.1) is 37.5 Å². The molecule has 1 aromatic carbocycles. The van der Waals surface area contributed by atoms with Gasteiger partial charge in [-0.25, -0.2) is 19.4 Å². The number of ether oxygens (including phenoxy) is 1. The van der Waals surface area contributed by atoms with Crippen LogP contribution < -0.4 is 15.5 Å². The second kappa shape index (κ2) is 8.27. The zero-order valence-corrected chi connectivity index (χ0v) is 16.4. The molecule has 4 rings (SSSR count). The fourth-order valence-electron chi connectivity index (χ4n) is 3.18. The van der Waals surface area contributed by atoms with Gasteiger partial charge in [0.2, 0.25) is 0 Å². The van der Waals surface area contributed by atoms with Crippen LogP contribution in [0, 0.1) is 13.8 Å². The van der Waals surface area contributed by atoms with Crippen LogP contribution in [-0.4, -0.2) is 52.1 Å². The molecule has 0 atom stereocenters. The Morgan fingerprint density at radius 2 is 1.97 bits per heavy atom. The van der Waals surface area contributed by atoms with E-state index in [1.807, 2.05) is 32.0 Å². The second-order valence-electron chi connectivity index (χ2n) is 6.90. The second-order valence-corrected chi connectivity index (χ2v) is 6.90. The predicted octanol–water partition coefficient (Wildman–Crippen LogP) is 2.76. The van der Waals surface area contributed by atoms with Gasteiger partial charge in [-0.05, 0) is 31.0 Å². The van der Waals surface area contributed by atoms with Crippen molar-refractivity contribution in [2.75, 3.05) is 41.8 Å². The van der Waals surface area contributed by atoms with Crippen molar-refractivity contribution in [1.82, 2.24) is 19.7 Å². The molecule has 0 bridgehead atoms. The van der Waals surface area contributed by atoms with Crippen LogP contribution in [0.1, 0.15) is 11.1 Å². The third-order valence-electron chi connectivity index (χ3n) is 4.72. The van der Waals surface area contributed by atoms with E-state index in [9.17, 15) is 4.79 Å². The number of carbonyl (C=O) groups is 1. The van der Waals surface area contributed by atoms with E-state index in [1.54, 1.807) is 23.3 Å². The average molecular weight is 393 g/mol. The number of urea groups is 1. The summed E-state index contributed by atoms with van der Waals surface area (Å²) in [5, 5.41) is 10.1. The van der Waals surface area contributed by atoms with Crippen molar-refractivity contribution in [3.63, 3.8) is 0 Å². The quantitative estimate of drug-likeness (QED) is 0.707. The van der Waals surface area contributed by atoms with Crippen LogP contribution in [0.5, 0.6) is 0 Å². The van der Waals surface area contributed by atoms with Crippen LogP contribution in [0.2, 0.25) is 0 Å². The molecule has 0 unspecified atom stereocenters. The van der Waals surface area contributed by atoms with Crippen LogP contribution >= 0.6 is 0 Å². The maximum absolute atomic E-state index is 12.4. The molecule has 2 aromatic heterocycles. The van der Waals surface area contributed by atoms with Crippen molar-refractivity contribution in [2.24, 2.45) is 0 Å². The number of hydrogen-bond acceptors (Lipinski definition) is 6. The summed E-state index contributed by atoms with van der Waals surface area (Å²) in [5.41, 5.74) is 4.31. The highest BCUT2D eigenvalue weighted by Crippen LogP contribution is 2.23. The minimum Gasteiger partial charge on any atom is -0.378 e. The maximum atomic E-state index is 12.4. The number of aromatic nitrogens is 4. The summed E-state index contributed by atoms with van der Waals surface area (Å²) in [4.78, 5) is 23.1. The Labute approximate surface area is 168 Å². The summed E-state index contributed by atoms with van der Waals surface area (Å²) in [5.74, 6) is 0.657. The highest BCUT2D eigenvalue weighted by Gasteiger charge is 2.18. The molecule has 150 valence electrons. The third-order valence-corrected chi connectivity index (χ3v) is 4.72. The Morgan fingerprint density at radius 3 is 2.79 bits per heavy atom. The molecule has 9 heteroatoms. The average Bonchev–Trinajstić information content (AvgIpc) is 3.19. The summed E-state index contributed by atoms with van der Waals surface area (Å²) in [6.07, 6.45) is 6.58. The monoisotopic (exact) mass is 393 g/mol. The maximum Gasteiger partial charge on any atom is 0.323 e. The molecule has 0 spiro atoms. The van der Waals surface area contributed by atoms with Crippen molar-refractivity contribution in [3.05, 3.63) is 54.2 Å². The number of hydrogen-bond donors (Lipinski definition) is 2. The predicted molar refractivity (Wildman–Crippen MR) is 111 cm³/mol. The molecular weight excluding hydrogens is 370 g/mol. The molecule has 0 radical (unpaired) electrons. The summed E-state index contributed by atoms with van der Waals surface area (Å²) < 4.78 is 7.06. The smallest absolute Gasteiger partial charge is 0.323 e. The minimum atomic E-state index is -0.325. The van der Waals surface area contributed by atoms with Gasteiger partial charge in [-0.2, -0.15) is 5.10 Å². The van der Waals surface area contributed by atoms with E-state index in [0.29, 0.717) is 24.7 Å². The fourth-order valence-corrected chi connectivity index (χ4v) is 3.18. The normalized spacial score (nSPS) is 13.9. The van der Waals surface area contributed by atoms with Gasteiger partial charge in [0, 0.05) is 18.8 Å². The molecule has 1 aliphatic rings. The number of aryl methyl sites for hydroxylation is 2. The molecule has 9 nitrogen and oxygen atoms in total. The largest absolute Gasteiger partial charge is 0.378 e. The first-order valence-corrected chi connectivity index (χ1v) is 9.43. The van der Waals surface area contributed by atoms with Crippen molar-refractivity contribution in [2.45, 2.75) is 13.8 Å². The number of morpholine rings is 1. The lowest BCUT2D eigenvalue weighted by Crippen LogP contribution is -2.37. The van der Waals surface area contributed by atoms with Gasteiger partial charge in [-0.1, -0.05) is 12.1 Å². The first-order valence-electron chi connectivity index (χ1n) is 9.43.